The largest absolute Gasteiger partial charge is 0.466 e. The van der Waals surface area contributed by atoms with E-state index in [4.69, 9.17) is 4.74 Å². The summed E-state index contributed by atoms with van der Waals surface area (Å²) in [6.07, 6.45) is 4.30. The number of rotatable bonds is 2. The minimum atomic E-state index is -0.133. The summed E-state index contributed by atoms with van der Waals surface area (Å²) in [4.78, 5) is 11.7. The van der Waals surface area contributed by atoms with Crippen molar-refractivity contribution < 1.29 is 9.53 Å². The minimum Gasteiger partial charge on any atom is -0.466 e. The average Bonchev–Trinajstić information content (AvgIpc) is 2.15. The maximum Gasteiger partial charge on any atom is 0.334 e. The van der Waals surface area contributed by atoms with E-state index >= 15 is 0 Å². The summed E-state index contributed by atoms with van der Waals surface area (Å²) in [6, 6.07) is 0. The van der Waals surface area contributed by atoms with Crippen LogP contribution in [0.25, 0.3) is 0 Å². The van der Waals surface area contributed by atoms with Gasteiger partial charge in [-0.25, -0.2) is 4.79 Å². The van der Waals surface area contributed by atoms with Crippen LogP contribution in [0.3, 0.4) is 0 Å². The van der Waals surface area contributed by atoms with Crippen LogP contribution in [0.5, 0.6) is 0 Å². The molecule has 0 saturated carbocycles. The molecule has 0 atom stereocenters. The zero-order chi connectivity index (χ0) is 10.8. The zero-order valence-electron chi connectivity index (χ0n) is 9.64. The lowest BCUT2D eigenvalue weighted by molar-refractivity contribution is -0.137. The third kappa shape index (κ3) is 1.99. The Hall–Kier alpha value is -0.790. The second kappa shape index (κ2) is 4.16. The van der Waals surface area contributed by atoms with Gasteiger partial charge in [-0.1, -0.05) is 26.3 Å². The minimum absolute atomic E-state index is 0.00329. The van der Waals surface area contributed by atoms with Gasteiger partial charge < -0.3 is 4.74 Å². The van der Waals surface area contributed by atoms with Gasteiger partial charge in [-0.15, -0.1) is 0 Å². The molecule has 80 valence electrons. The Morgan fingerprint density at radius 3 is 2.64 bits per heavy atom. The maximum absolute atomic E-state index is 11.7. The van der Waals surface area contributed by atoms with Crippen molar-refractivity contribution in [2.24, 2.45) is 5.41 Å². The Balaban J connectivity index is 3.10. The molecular weight excluding hydrogens is 176 g/mol. The van der Waals surface area contributed by atoms with Crippen molar-refractivity contribution in [3.63, 3.8) is 0 Å². The molecule has 0 aromatic rings. The van der Waals surface area contributed by atoms with Crippen LogP contribution in [-0.4, -0.2) is 13.1 Å². The standard InChI is InChI=1S/C12H20O2/c1-5-9-7-6-8-12(2,3)10(9)11(13)14-4/h5-8H2,1-4H3. The quantitative estimate of drug-likeness (QED) is 0.634. The number of hydrogen-bond donors (Lipinski definition) is 0. The Morgan fingerprint density at radius 1 is 1.50 bits per heavy atom. The molecule has 0 saturated heterocycles. The van der Waals surface area contributed by atoms with E-state index in [0.717, 1.165) is 24.8 Å². The van der Waals surface area contributed by atoms with Gasteiger partial charge in [-0.3, -0.25) is 0 Å². The third-order valence-corrected chi connectivity index (χ3v) is 3.13. The number of carbonyl (C=O) groups is 1. The van der Waals surface area contributed by atoms with E-state index in [2.05, 4.69) is 20.8 Å². The van der Waals surface area contributed by atoms with Gasteiger partial charge in [0.2, 0.25) is 0 Å². The first kappa shape index (κ1) is 11.3. The molecule has 0 amide bonds. The molecule has 2 heteroatoms. The molecule has 14 heavy (non-hydrogen) atoms. The van der Waals surface area contributed by atoms with Crippen LogP contribution in [0.1, 0.15) is 46.5 Å². The molecule has 0 aliphatic heterocycles. The summed E-state index contributed by atoms with van der Waals surface area (Å²) in [5.41, 5.74) is 2.21. The van der Waals surface area contributed by atoms with E-state index in [1.54, 1.807) is 0 Å². The van der Waals surface area contributed by atoms with Crippen molar-refractivity contribution in [2.45, 2.75) is 46.5 Å². The summed E-state index contributed by atoms with van der Waals surface area (Å²) in [5, 5.41) is 0. The number of esters is 1. The number of allylic oxidation sites excluding steroid dienone is 1. The molecule has 2 nitrogen and oxygen atoms in total. The molecule has 0 aromatic heterocycles. The lowest BCUT2D eigenvalue weighted by atomic mass is 9.72. The van der Waals surface area contributed by atoms with Crippen molar-refractivity contribution in [1.29, 1.82) is 0 Å². The first-order valence-corrected chi connectivity index (χ1v) is 5.33. The Kier molecular flexibility index (Phi) is 3.35. The van der Waals surface area contributed by atoms with Crippen molar-refractivity contribution in [2.75, 3.05) is 7.11 Å². The monoisotopic (exact) mass is 196 g/mol. The molecule has 1 aliphatic rings. The van der Waals surface area contributed by atoms with Crippen molar-refractivity contribution in [3.8, 4) is 0 Å². The van der Waals surface area contributed by atoms with Gasteiger partial charge in [0.05, 0.1) is 7.11 Å². The molecule has 0 heterocycles. The number of hydrogen-bond acceptors (Lipinski definition) is 2. The SMILES string of the molecule is CCC1=C(C(=O)OC)C(C)(C)CCC1. The number of methoxy groups -OCH3 is 1. The van der Waals surface area contributed by atoms with Crippen LogP contribution >= 0.6 is 0 Å². The van der Waals surface area contributed by atoms with Crippen LogP contribution in [0.15, 0.2) is 11.1 Å². The molecule has 0 spiro atoms. The molecule has 0 radical (unpaired) electrons. The van der Waals surface area contributed by atoms with Crippen molar-refractivity contribution in [1.82, 2.24) is 0 Å². The summed E-state index contributed by atoms with van der Waals surface area (Å²) in [6.45, 7) is 6.38. The van der Waals surface area contributed by atoms with E-state index in [-0.39, 0.29) is 11.4 Å². The first-order valence-electron chi connectivity index (χ1n) is 5.33. The topological polar surface area (TPSA) is 26.3 Å². The molecule has 0 unspecified atom stereocenters. The van der Waals surface area contributed by atoms with E-state index in [0.29, 0.717) is 0 Å². The molecule has 0 bridgehead atoms. The van der Waals surface area contributed by atoms with Gasteiger partial charge in [-0.2, -0.15) is 0 Å². The van der Waals surface area contributed by atoms with Crippen molar-refractivity contribution >= 4 is 5.97 Å². The zero-order valence-corrected chi connectivity index (χ0v) is 9.64. The van der Waals surface area contributed by atoms with Gasteiger partial charge in [-0.05, 0) is 31.1 Å². The van der Waals surface area contributed by atoms with Crippen LogP contribution < -0.4 is 0 Å². The third-order valence-electron chi connectivity index (χ3n) is 3.13. The van der Waals surface area contributed by atoms with Gasteiger partial charge in [0.15, 0.2) is 0 Å². The lowest BCUT2D eigenvalue weighted by Gasteiger charge is -2.33. The second-order valence-corrected chi connectivity index (χ2v) is 4.56. The van der Waals surface area contributed by atoms with Crippen molar-refractivity contribution in [3.05, 3.63) is 11.1 Å². The molecule has 0 aromatic carbocycles. The Labute approximate surface area is 86.3 Å². The molecule has 0 fully saturated rings. The van der Waals surface area contributed by atoms with Crippen LogP contribution in [0.4, 0.5) is 0 Å². The van der Waals surface area contributed by atoms with Crippen LogP contribution in [0.2, 0.25) is 0 Å². The molecular formula is C12H20O2. The predicted molar refractivity (Wildman–Crippen MR) is 57.0 cm³/mol. The van der Waals surface area contributed by atoms with E-state index in [9.17, 15) is 4.79 Å². The highest BCUT2D eigenvalue weighted by molar-refractivity contribution is 5.90. The number of carbonyl (C=O) groups excluding carboxylic acids is 1. The van der Waals surface area contributed by atoms with E-state index in [1.165, 1.54) is 19.1 Å². The smallest absolute Gasteiger partial charge is 0.334 e. The first-order chi connectivity index (χ1) is 6.53. The highest BCUT2D eigenvalue weighted by Gasteiger charge is 2.34. The molecule has 0 N–H and O–H groups in total. The highest BCUT2D eigenvalue weighted by Crippen LogP contribution is 2.41. The maximum atomic E-state index is 11.7. The average molecular weight is 196 g/mol. The fourth-order valence-electron chi connectivity index (χ4n) is 2.35. The van der Waals surface area contributed by atoms with E-state index in [1.807, 2.05) is 0 Å². The Morgan fingerprint density at radius 2 is 2.14 bits per heavy atom. The van der Waals surface area contributed by atoms with Crippen LogP contribution in [-0.2, 0) is 9.53 Å². The van der Waals surface area contributed by atoms with Gasteiger partial charge >= 0.3 is 5.97 Å². The summed E-state index contributed by atoms with van der Waals surface area (Å²) in [5.74, 6) is -0.133. The van der Waals surface area contributed by atoms with Gasteiger partial charge in [0, 0.05) is 5.57 Å². The lowest BCUT2D eigenvalue weighted by Crippen LogP contribution is -2.27. The molecule has 1 aliphatic carbocycles. The second-order valence-electron chi connectivity index (χ2n) is 4.56. The number of ether oxygens (including phenoxy) is 1. The van der Waals surface area contributed by atoms with Gasteiger partial charge in [0.25, 0.3) is 0 Å². The predicted octanol–water partition coefficient (Wildman–Crippen LogP) is 3.08. The van der Waals surface area contributed by atoms with Gasteiger partial charge in [0.1, 0.15) is 0 Å². The van der Waals surface area contributed by atoms with E-state index < -0.39 is 0 Å². The Bertz CT molecular complexity index is 261. The summed E-state index contributed by atoms with van der Waals surface area (Å²) in [7, 11) is 1.47. The highest BCUT2D eigenvalue weighted by atomic mass is 16.5. The fraction of sp³-hybridized carbons (Fsp3) is 0.750. The van der Waals surface area contributed by atoms with Crippen LogP contribution in [0, 0.1) is 5.41 Å². The summed E-state index contributed by atoms with van der Waals surface area (Å²) < 4.78 is 4.86. The summed E-state index contributed by atoms with van der Waals surface area (Å²) >= 11 is 0. The fourth-order valence-corrected chi connectivity index (χ4v) is 2.35. The molecule has 1 rings (SSSR count). The normalized spacial score (nSPS) is 20.9.